The zero-order chi connectivity index (χ0) is 14.0. The maximum absolute atomic E-state index is 9.83. The van der Waals surface area contributed by atoms with Crippen LogP contribution in [-0.4, -0.2) is 35.1 Å². The van der Waals surface area contributed by atoms with Crippen LogP contribution in [-0.2, 0) is 4.74 Å². The van der Waals surface area contributed by atoms with Crippen LogP contribution in [0.25, 0.3) is 0 Å². The summed E-state index contributed by atoms with van der Waals surface area (Å²) >= 11 is 0. The van der Waals surface area contributed by atoms with E-state index in [1.807, 2.05) is 0 Å². The van der Waals surface area contributed by atoms with Gasteiger partial charge in [0.25, 0.3) is 0 Å². The van der Waals surface area contributed by atoms with Crippen LogP contribution < -0.4 is 0 Å². The maximum Gasteiger partial charge on any atom is 0.108 e. The fourth-order valence-electron chi connectivity index (χ4n) is 2.82. The normalized spacial score (nSPS) is 31.3. The minimum Gasteiger partial charge on any atom is -0.393 e. The Bertz CT molecular complexity index is 258. The van der Waals surface area contributed by atoms with Gasteiger partial charge in [0, 0.05) is 0 Å². The smallest absolute Gasteiger partial charge is 0.108 e. The molecule has 0 aromatic heterocycles. The van der Waals surface area contributed by atoms with Crippen molar-refractivity contribution in [2.75, 3.05) is 13.2 Å². The van der Waals surface area contributed by atoms with E-state index >= 15 is 0 Å². The van der Waals surface area contributed by atoms with Gasteiger partial charge in [-0.05, 0) is 43.4 Å². The van der Waals surface area contributed by atoms with Crippen LogP contribution in [0.2, 0.25) is 0 Å². The Kier molecular flexibility index (Phi) is 5.22. The highest BCUT2D eigenvalue weighted by Crippen LogP contribution is 2.42. The first-order valence-corrected chi connectivity index (χ1v) is 7.12. The molecule has 0 spiro atoms. The quantitative estimate of drug-likeness (QED) is 0.797. The van der Waals surface area contributed by atoms with Crippen molar-refractivity contribution in [3.8, 4) is 0 Å². The molecule has 108 valence electrons. The van der Waals surface area contributed by atoms with Crippen LogP contribution >= 0.6 is 0 Å². The third kappa shape index (κ3) is 4.52. The van der Waals surface area contributed by atoms with Gasteiger partial charge in [-0.1, -0.05) is 27.7 Å². The molecule has 0 radical (unpaired) electrons. The standard InChI is InChI=1S/C15H30O3/c1-11(2)12-6-7-14(3,4)8-13(12)18-10-15(5,17)9-16/h11-13,16-17H,6-10H2,1-5H3. The monoisotopic (exact) mass is 258 g/mol. The van der Waals surface area contributed by atoms with E-state index in [1.54, 1.807) is 6.92 Å². The molecule has 0 aromatic carbocycles. The van der Waals surface area contributed by atoms with Gasteiger partial charge in [-0.2, -0.15) is 0 Å². The van der Waals surface area contributed by atoms with E-state index in [0.29, 0.717) is 17.3 Å². The minimum atomic E-state index is -1.12. The van der Waals surface area contributed by atoms with Crippen molar-refractivity contribution < 1.29 is 14.9 Å². The molecule has 3 nitrogen and oxygen atoms in total. The van der Waals surface area contributed by atoms with Gasteiger partial charge in [-0.25, -0.2) is 0 Å². The van der Waals surface area contributed by atoms with Crippen LogP contribution in [0.4, 0.5) is 0 Å². The average Bonchev–Trinajstić information content (AvgIpc) is 2.25. The Morgan fingerprint density at radius 3 is 2.50 bits per heavy atom. The van der Waals surface area contributed by atoms with Gasteiger partial charge < -0.3 is 14.9 Å². The largest absolute Gasteiger partial charge is 0.393 e. The molecule has 0 aromatic rings. The number of hydrogen-bond acceptors (Lipinski definition) is 3. The SMILES string of the molecule is CC(C)C1CCC(C)(C)CC1OCC(C)(O)CO. The van der Waals surface area contributed by atoms with Gasteiger partial charge in [-0.3, -0.25) is 0 Å². The summed E-state index contributed by atoms with van der Waals surface area (Å²) in [7, 11) is 0. The van der Waals surface area contributed by atoms with Crippen LogP contribution in [0.3, 0.4) is 0 Å². The Morgan fingerprint density at radius 1 is 1.39 bits per heavy atom. The van der Waals surface area contributed by atoms with E-state index in [1.165, 1.54) is 12.8 Å². The molecule has 0 saturated heterocycles. The van der Waals surface area contributed by atoms with E-state index in [0.717, 1.165) is 6.42 Å². The van der Waals surface area contributed by atoms with Gasteiger partial charge in [0.05, 0.1) is 19.3 Å². The molecule has 1 fully saturated rings. The van der Waals surface area contributed by atoms with Gasteiger partial charge >= 0.3 is 0 Å². The summed E-state index contributed by atoms with van der Waals surface area (Å²) in [6.45, 7) is 10.6. The predicted molar refractivity (Wildman–Crippen MR) is 73.4 cm³/mol. The van der Waals surface area contributed by atoms with Crippen molar-refractivity contribution in [2.24, 2.45) is 17.3 Å². The number of ether oxygens (including phenoxy) is 1. The molecule has 3 heteroatoms. The summed E-state index contributed by atoms with van der Waals surface area (Å²) in [5.41, 5.74) is -0.801. The lowest BCUT2D eigenvalue weighted by Crippen LogP contribution is -2.43. The topological polar surface area (TPSA) is 49.7 Å². The molecule has 18 heavy (non-hydrogen) atoms. The highest BCUT2D eigenvalue weighted by atomic mass is 16.5. The fraction of sp³-hybridized carbons (Fsp3) is 1.00. The molecule has 3 atom stereocenters. The highest BCUT2D eigenvalue weighted by Gasteiger charge is 2.37. The van der Waals surface area contributed by atoms with E-state index < -0.39 is 5.60 Å². The predicted octanol–water partition coefficient (Wildman–Crippen LogP) is 2.60. The molecule has 3 unspecified atom stereocenters. The Hall–Kier alpha value is -0.120. The number of aliphatic hydroxyl groups excluding tert-OH is 1. The first-order chi connectivity index (χ1) is 8.17. The summed E-state index contributed by atoms with van der Waals surface area (Å²) in [6.07, 6.45) is 3.67. The highest BCUT2D eigenvalue weighted by molar-refractivity contribution is 4.87. The maximum atomic E-state index is 9.83. The molecule has 1 aliphatic carbocycles. The zero-order valence-corrected chi connectivity index (χ0v) is 12.6. The molecule has 0 bridgehead atoms. The van der Waals surface area contributed by atoms with Crippen molar-refractivity contribution in [3.05, 3.63) is 0 Å². The lowest BCUT2D eigenvalue weighted by molar-refractivity contribution is -0.124. The first-order valence-electron chi connectivity index (χ1n) is 7.12. The second kappa shape index (κ2) is 5.89. The zero-order valence-electron chi connectivity index (χ0n) is 12.6. The van der Waals surface area contributed by atoms with Crippen LogP contribution in [0, 0.1) is 17.3 Å². The molecule has 2 N–H and O–H groups in total. The first kappa shape index (κ1) is 15.9. The van der Waals surface area contributed by atoms with Crippen molar-refractivity contribution >= 4 is 0 Å². The summed E-state index contributed by atoms with van der Waals surface area (Å²) in [5, 5.41) is 18.9. The second-order valence-electron chi connectivity index (χ2n) is 7.32. The Balaban J connectivity index is 2.62. The lowest BCUT2D eigenvalue weighted by Gasteiger charge is -2.43. The van der Waals surface area contributed by atoms with Crippen LogP contribution in [0.1, 0.15) is 53.9 Å². The van der Waals surface area contributed by atoms with Crippen molar-refractivity contribution in [1.29, 1.82) is 0 Å². The minimum absolute atomic E-state index is 0.201. The van der Waals surface area contributed by atoms with Crippen molar-refractivity contribution in [3.63, 3.8) is 0 Å². The van der Waals surface area contributed by atoms with Gasteiger partial charge in [0.15, 0.2) is 0 Å². The summed E-state index contributed by atoms with van der Waals surface area (Å²) in [4.78, 5) is 0. The molecule has 0 aliphatic heterocycles. The number of hydrogen-bond donors (Lipinski definition) is 2. The average molecular weight is 258 g/mol. The second-order valence-corrected chi connectivity index (χ2v) is 7.32. The molecular weight excluding hydrogens is 228 g/mol. The summed E-state index contributed by atoms with van der Waals surface area (Å²) in [6, 6.07) is 0. The van der Waals surface area contributed by atoms with Crippen molar-refractivity contribution in [1.82, 2.24) is 0 Å². The van der Waals surface area contributed by atoms with Crippen LogP contribution in [0.5, 0.6) is 0 Å². The number of aliphatic hydroxyl groups is 2. The lowest BCUT2D eigenvalue weighted by atomic mass is 9.68. The third-order valence-corrected chi connectivity index (χ3v) is 4.19. The van der Waals surface area contributed by atoms with E-state index in [9.17, 15) is 5.11 Å². The van der Waals surface area contributed by atoms with Crippen LogP contribution in [0.15, 0.2) is 0 Å². The molecule has 0 amide bonds. The molecule has 1 aliphatic rings. The molecular formula is C15H30O3. The number of rotatable bonds is 5. The van der Waals surface area contributed by atoms with E-state index in [-0.39, 0.29) is 19.3 Å². The Labute approximate surface area is 112 Å². The Morgan fingerprint density at radius 2 is 2.00 bits per heavy atom. The summed E-state index contributed by atoms with van der Waals surface area (Å²) in [5.74, 6) is 1.16. The third-order valence-electron chi connectivity index (χ3n) is 4.19. The molecule has 0 heterocycles. The van der Waals surface area contributed by atoms with E-state index in [2.05, 4.69) is 27.7 Å². The van der Waals surface area contributed by atoms with Gasteiger partial charge in [0.2, 0.25) is 0 Å². The summed E-state index contributed by atoms with van der Waals surface area (Å²) < 4.78 is 5.94. The van der Waals surface area contributed by atoms with E-state index in [4.69, 9.17) is 9.84 Å². The van der Waals surface area contributed by atoms with Gasteiger partial charge in [0.1, 0.15) is 5.60 Å². The molecule has 1 saturated carbocycles. The molecule has 1 rings (SSSR count). The van der Waals surface area contributed by atoms with Gasteiger partial charge in [-0.15, -0.1) is 0 Å². The van der Waals surface area contributed by atoms with Crippen molar-refractivity contribution in [2.45, 2.75) is 65.6 Å². The fourth-order valence-corrected chi connectivity index (χ4v) is 2.82.